The standard InChI is InChI=1S/C27H29N7O3/c1-27(2,3)34(26(35)36)25-29-15-19(16-30-25)23-31-22-14-18(17-5-4-6-20(28)13-17)7-8-21(22)24(32-23)33-9-11-37-12-10-33/h4-8,13-16H,9-12,28H2,1-3H3,(H,35,36). The lowest BCUT2D eigenvalue weighted by Gasteiger charge is -2.31. The Morgan fingerprint density at radius 1 is 1.00 bits per heavy atom. The number of anilines is 3. The maximum atomic E-state index is 11.8. The van der Waals surface area contributed by atoms with Crippen LogP contribution in [0.1, 0.15) is 20.8 Å². The van der Waals surface area contributed by atoms with Gasteiger partial charge in [0, 0.05) is 42.1 Å². The van der Waals surface area contributed by atoms with Crippen LogP contribution in [0, 0.1) is 0 Å². The van der Waals surface area contributed by atoms with Gasteiger partial charge in [-0.1, -0.05) is 18.2 Å². The Morgan fingerprint density at radius 3 is 2.35 bits per heavy atom. The summed E-state index contributed by atoms with van der Waals surface area (Å²) in [6.45, 7) is 8.05. The van der Waals surface area contributed by atoms with Crippen molar-refractivity contribution in [3.8, 4) is 22.5 Å². The molecule has 0 saturated carbocycles. The second kappa shape index (κ2) is 9.62. The van der Waals surface area contributed by atoms with Crippen LogP contribution in [0.3, 0.4) is 0 Å². The molecule has 190 valence electrons. The van der Waals surface area contributed by atoms with Crippen molar-refractivity contribution in [2.45, 2.75) is 26.3 Å². The summed E-state index contributed by atoms with van der Waals surface area (Å²) in [5, 5.41) is 10.6. The highest BCUT2D eigenvalue weighted by molar-refractivity contribution is 5.94. The molecule has 0 atom stereocenters. The normalized spacial score (nSPS) is 14.1. The first-order valence-corrected chi connectivity index (χ1v) is 12.1. The number of morpholine rings is 1. The molecular weight excluding hydrogens is 470 g/mol. The number of benzene rings is 2. The topological polar surface area (TPSA) is 131 Å². The van der Waals surface area contributed by atoms with Crippen LogP contribution in [0.15, 0.2) is 54.9 Å². The highest BCUT2D eigenvalue weighted by atomic mass is 16.5. The fraction of sp³-hybridized carbons (Fsp3) is 0.296. The van der Waals surface area contributed by atoms with Gasteiger partial charge in [-0.2, -0.15) is 0 Å². The Morgan fingerprint density at radius 2 is 1.70 bits per heavy atom. The molecule has 0 aliphatic carbocycles. The zero-order valence-corrected chi connectivity index (χ0v) is 21.0. The average Bonchev–Trinajstić information content (AvgIpc) is 2.87. The molecule has 1 aliphatic heterocycles. The first-order chi connectivity index (χ1) is 17.7. The molecule has 2 aromatic heterocycles. The number of hydrogen-bond acceptors (Lipinski definition) is 8. The molecule has 1 aliphatic rings. The van der Waals surface area contributed by atoms with Gasteiger partial charge in [0.05, 0.1) is 24.3 Å². The Bertz CT molecular complexity index is 1450. The van der Waals surface area contributed by atoms with Crippen LogP contribution < -0.4 is 15.5 Å². The summed E-state index contributed by atoms with van der Waals surface area (Å²) in [5.74, 6) is 1.37. The van der Waals surface area contributed by atoms with Crippen molar-refractivity contribution in [1.82, 2.24) is 19.9 Å². The quantitative estimate of drug-likeness (QED) is 0.391. The Balaban J connectivity index is 1.61. The van der Waals surface area contributed by atoms with Gasteiger partial charge in [0.2, 0.25) is 5.95 Å². The first kappa shape index (κ1) is 24.4. The number of nitrogens with zero attached hydrogens (tertiary/aromatic N) is 6. The third kappa shape index (κ3) is 5.01. The number of carbonyl (C=O) groups is 1. The van der Waals surface area contributed by atoms with Gasteiger partial charge in [-0.25, -0.2) is 29.6 Å². The number of amides is 1. The van der Waals surface area contributed by atoms with Crippen molar-refractivity contribution in [3.05, 3.63) is 54.9 Å². The fourth-order valence-electron chi connectivity index (χ4n) is 4.38. The summed E-state index contributed by atoms with van der Waals surface area (Å²) in [6.07, 6.45) is 2.01. The van der Waals surface area contributed by atoms with Crippen molar-refractivity contribution in [2.24, 2.45) is 0 Å². The SMILES string of the molecule is CC(C)(C)N(C(=O)O)c1ncc(-c2nc(N3CCOCC3)c3ccc(-c4cccc(N)c4)cc3n2)cn1. The van der Waals surface area contributed by atoms with Gasteiger partial charge < -0.3 is 20.5 Å². The van der Waals surface area contributed by atoms with Crippen molar-refractivity contribution in [3.63, 3.8) is 0 Å². The van der Waals surface area contributed by atoms with Crippen molar-refractivity contribution >= 4 is 34.4 Å². The van der Waals surface area contributed by atoms with Crippen LogP contribution in [0.4, 0.5) is 22.2 Å². The summed E-state index contributed by atoms with van der Waals surface area (Å²) in [6, 6.07) is 13.8. The largest absolute Gasteiger partial charge is 0.465 e. The zero-order valence-electron chi connectivity index (χ0n) is 21.0. The molecule has 1 saturated heterocycles. The predicted octanol–water partition coefficient (Wildman–Crippen LogP) is 4.46. The molecule has 0 radical (unpaired) electrons. The minimum atomic E-state index is -1.12. The van der Waals surface area contributed by atoms with Crippen molar-refractivity contribution < 1.29 is 14.6 Å². The van der Waals surface area contributed by atoms with E-state index in [0.29, 0.717) is 30.3 Å². The summed E-state index contributed by atoms with van der Waals surface area (Å²) in [4.78, 5) is 33.6. The maximum Gasteiger partial charge on any atom is 0.414 e. The minimum absolute atomic E-state index is 0.0990. The van der Waals surface area contributed by atoms with Crippen molar-refractivity contribution in [2.75, 3.05) is 41.8 Å². The highest BCUT2D eigenvalue weighted by Gasteiger charge is 2.30. The molecule has 1 fully saturated rings. The van der Waals surface area contributed by atoms with Crippen LogP contribution in [-0.2, 0) is 4.74 Å². The monoisotopic (exact) mass is 499 g/mol. The molecule has 0 spiro atoms. The molecule has 3 heterocycles. The maximum absolute atomic E-state index is 11.8. The second-order valence-corrected chi connectivity index (χ2v) is 9.89. The molecule has 0 unspecified atom stereocenters. The molecule has 10 nitrogen and oxygen atoms in total. The van der Waals surface area contributed by atoms with Gasteiger partial charge in [0.15, 0.2) is 5.82 Å². The molecule has 2 aromatic carbocycles. The number of hydrogen-bond donors (Lipinski definition) is 2. The van der Waals surface area contributed by atoms with E-state index in [4.69, 9.17) is 20.4 Å². The summed E-state index contributed by atoms with van der Waals surface area (Å²) < 4.78 is 5.55. The molecule has 37 heavy (non-hydrogen) atoms. The van der Waals surface area contributed by atoms with E-state index in [1.54, 1.807) is 33.2 Å². The van der Waals surface area contributed by atoms with Gasteiger partial charge in [-0.3, -0.25) is 0 Å². The third-order valence-electron chi connectivity index (χ3n) is 6.17. The minimum Gasteiger partial charge on any atom is -0.465 e. The average molecular weight is 500 g/mol. The Labute approximate surface area is 214 Å². The Kier molecular flexibility index (Phi) is 6.34. The number of ether oxygens (including phenoxy) is 1. The number of fused-ring (bicyclic) bond motifs is 1. The van der Waals surface area contributed by atoms with Gasteiger partial charge in [0.25, 0.3) is 0 Å². The van der Waals surface area contributed by atoms with Crippen molar-refractivity contribution in [1.29, 1.82) is 0 Å². The Hall–Kier alpha value is -4.31. The van der Waals surface area contributed by atoms with E-state index in [1.807, 2.05) is 36.4 Å². The number of aromatic nitrogens is 4. The lowest BCUT2D eigenvalue weighted by Crippen LogP contribution is -2.46. The highest BCUT2D eigenvalue weighted by Crippen LogP contribution is 2.32. The molecule has 1 amide bonds. The zero-order chi connectivity index (χ0) is 26.2. The molecule has 10 heteroatoms. The summed E-state index contributed by atoms with van der Waals surface area (Å²) in [5.41, 5.74) is 9.36. The number of carboxylic acid groups (broad SMARTS) is 1. The number of nitrogen functional groups attached to an aromatic ring is 1. The number of nitrogens with two attached hydrogens (primary N) is 1. The van der Waals surface area contributed by atoms with E-state index in [-0.39, 0.29) is 5.95 Å². The van der Waals surface area contributed by atoms with Crippen LogP contribution in [0.2, 0.25) is 0 Å². The summed E-state index contributed by atoms with van der Waals surface area (Å²) >= 11 is 0. The van der Waals surface area contributed by atoms with E-state index in [0.717, 1.165) is 45.8 Å². The van der Waals surface area contributed by atoms with E-state index < -0.39 is 11.6 Å². The lowest BCUT2D eigenvalue weighted by molar-refractivity contribution is 0.122. The summed E-state index contributed by atoms with van der Waals surface area (Å²) in [7, 11) is 0. The second-order valence-electron chi connectivity index (χ2n) is 9.89. The van der Waals surface area contributed by atoms with Crippen LogP contribution >= 0.6 is 0 Å². The van der Waals surface area contributed by atoms with E-state index in [2.05, 4.69) is 20.9 Å². The smallest absolute Gasteiger partial charge is 0.414 e. The molecular formula is C27H29N7O3. The van der Waals surface area contributed by atoms with Gasteiger partial charge in [0.1, 0.15) is 5.82 Å². The van der Waals surface area contributed by atoms with E-state index in [9.17, 15) is 9.90 Å². The third-order valence-corrected chi connectivity index (χ3v) is 6.17. The fourth-order valence-corrected chi connectivity index (χ4v) is 4.38. The van der Waals surface area contributed by atoms with Crippen LogP contribution in [0.25, 0.3) is 33.4 Å². The van der Waals surface area contributed by atoms with Gasteiger partial charge in [-0.15, -0.1) is 0 Å². The molecule has 4 aromatic rings. The lowest BCUT2D eigenvalue weighted by atomic mass is 10.0. The van der Waals surface area contributed by atoms with E-state index in [1.165, 1.54) is 0 Å². The predicted molar refractivity (Wildman–Crippen MR) is 144 cm³/mol. The van der Waals surface area contributed by atoms with Gasteiger partial charge >= 0.3 is 6.09 Å². The number of rotatable bonds is 4. The first-order valence-electron chi connectivity index (χ1n) is 12.1. The molecule has 0 bridgehead atoms. The van der Waals surface area contributed by atoms with Gasteiger partial charge in [-0.05, 0) is 56.2 Å². The molecule has 5 rings (SSSR count). The molecule has 3 N–H and O–H groups in total. The van der Waals surface area contributed by atoms with Crippen LogP contribution in [-0.4, -0.2) is 63.0 Å². The van der Waals surface area contributed by atoms with E-state index >= 15 is 0 Å². The van der Waals surface area contributed by atoms with Crippen LogP contribution in [0.5, 0.6) is 0 Å².